The van der Waals surface area contributed by atoms with Crippen molar-refractivity contribution in [2.75, 3.05) is 37.7 Å². The first kappa shape index (κ1) is 27.4. The van der Waals surface area contributed by atoms with Crippen LogP contribution in [-0.2, 0) is 0 Å². The van der Waals surface area contributed by atoms with Crippen molar-refractivity contribution in [1.29, 1.82) is 0 Å². The second kappa shape index (κ2) is 9.96. The number of nitrogens with zero attached hydrogens (tertiary/aromatic N) is 5. The van der Waals surface area contributed by atoms with Crippen molar-refractivity contribution in [2.24, 2.45) is 11.8 Å². The number of phenolic OH excluding ortho intramolecular Hbond substituents is 1. The Hall–Kier alpha value is -4.10. The number of anilines is 1. The van der Waals surface area contributed by atoms with E-state index in [9.17, 15) is 13.9 Å². The number of ether oxygens (including phenoxy) is 1. The summed E-state index contributed by atoms with van der Waals surface area (Å²) < 4.78 is 52.8. The number of hydrogen-bond acceptors (Lipinski definition) is 7. The van der Waals surface area contributed by atoms with Crippen molar-refractivity contribution in [2.45, 2.75) is 50.0 Å². The van der Waals surface area contributed by atoms with Crippen molar-refractivity contribution in [1.82, 2.24) is 19.9 Å². The maximum Gasteiger partial charge on any atom is 0.319 e. The molecule has 7 nitrogen and oxygen atoms in total. The van der Waals surface area contributed by atoms with E-state index < -0.39 is 23.6 Å². The van der Waals surface area contributed by atoms with Gasteiger partial charge in [0, 0.05) is 47.6 Å². The third-order valence-corrected chi connectivity index (χ3v) is 10.4. The van der Waals surface area contributed by atoms with Crippen molar-refractivity contribution in [3.63, 3.8) is 0 Å². The van der Waals surface area contributed by atoms with Gasteiger partial charge in [-0.05, 0) is 75.2 Å². The number of pyridine rings is 1. The van der Waals surface area contributed by atoms with E-state index in [1.54, 1.807) is 24.3 Å². The van der Waals surface area contributed by atoms with Gasteiger partial charge in [0.15, 0.2) is 5.82 Å². The van der Waals surface area contributed by atoms with Crippen LogP contribution in [-0.4, -0.2) is 69.2 Å². The topological polar surface area (TPSA) is 74.6 Å². The molecule has 5 heterocycles. The Morgan fingerprint density at radius 1 is 1.07 bits per heavy atom. The summed E-state index contributed by atoms with van der Waals surface area (Å²) in [6.45, 7) is 2.65. The van der Waals surface area contributed by atoms with Crippen molar-refractivity contribution in [3.8, 4) is 35.4 Å². The Morgan fingerprint density at radius 3 is 2.55 bits per heavy atom. The molecule has 2 aromatic carbocycles. The van der Waals surface area contributed by atoms with E-state index in [4.69, 9.17) is 16.1 Å². The van der Waals surface area contributed by atoms with E-state index >= 15 is 4.39 Å². The third-order valence-electron chi connectivity index (χ3n) is 10.4. The Balaban J connectivity index is 1.27. The van der Waals surface area contributed by atoms with Crippen LogP contribution in [0.5, 0.6) is 11.8 Å². The number of fused-ring (bicyclic) bond motifs is 5. The molecule has 0 spiro atoms. The minimum absolute atomic E-state index is 0.0124. The van der Waals surface area contributed by atoms with Gasteiger partial charge in [0.05, 0.1) is 10.9 Å². The van der Waals surface area contributed by atoms with Crippen LogP contribution < -0.4 is 9.64 Å². The number of piperidine rings is 1. The Kier molecular flexibility index (Phi) is 6.21. The predicted octanol–water partition coefficient (Wildman–Crippen LogP) is 6.16. The number of aromatic nitrogens is 3. The van der Waals surface area contributed by atoms with Crippen LogP contribution in [0, 0.1) is 30.0 Å². The first-order valence-corrected chi connectivity index (χ1v) is 15.4. The molecular formula is C34H32F3N5O2. The van der Waals surface area contributed by atoms with Crippen LogP contribution >= 0.6 is 0 Å². The lowest BCUT2D eigenvalue weighted by atomic mass is 9.93. The molecule has 0 amide bonds. The average Bonchev–Trinajstić information content (AvgIpc) is 3.61. The number of rotatable bonds is 5. The summed E-state index contributed by atoms with van der Waals surface area (Å²) in [5.41, 5.74) is 0.740. The second-order valence-electron chi connectivity index (χ2n) is 12.8. The molecular weight excluding hydrogens is 567 g/mol. The minimum Gasteiger partial charge on any atom is -0.508 e. The Labute approximate surface area is 253 Å². The quantitative estimate of drug-likeness (QED) is 0.276. The number of alkyl halides is 2. The average molecular weight is 600 g/mol. The molecule has 226 valence electrons. The molecule has 4 aromatic rings. The van der Waals surface area contributed by atoms with Gasteiger partial charge in [-0.1, -0.05) is 18.1 Å². The molecule has 0 unspecified atom stereocenters. The van der Waals surface area contributed by atoms with Crippen LogP contribution in [0.3, 0.4) is 0 Å². The van der Waals surface area contributed by atoms with Crippen molar-refractivity contribution >= 4 is 27.5 Å². The van der Waals surface area contributed by atoms with E-state index in [-0.39, 0.29) is 41.6 Å². The maximum absolute atomic E-state index is 16.7. The summed E-state index contributed by atoms with van der Waals surface area (Å²) in [5, 5.41) is 12.1. The van der Waals surface area contributed by atoms with Crippen LogP contribution in [0.15, 0.2) is 36.5 Å². The number of phenols is 1. The number of terminal acetylenes is 1. The number of benzene rings is 2. The molecule has 0 radical (unpaired) electrons. The number of hydrogen-bond donors (Lipinski definition) is 1. The van der Waals surface area contributed by atoms with Crippen LogP contribution in [0.1, 0.15) is 44.1 Å². The maximum atomic E-state index is 16.7. The zero-order chi connectivity index (χ0) is 30.2. The lowest BCUT2D eigenvalue weighted by molar-refractivity contribution is -0.0830. The molecule has 3 saturated heterocycles. The lowest BCUT2D eigenvalue weighted by Gasteiger charge is -2.38. The van der Waals surface area contributed by atoms with Crippen LogP contribution in [0.4, 0.5) is 19.0 Å². The van der Waals surface area contributed by atoms with E-state index in [1.807, 2.05) is 4.90 Å². The fourth-order valence-electron chi connectivity index (χ4n) is 8.22. The standard InChI is InChI=1S/C34H32F3N5O2/c1-2-20-6-3-7-21-14-24(43)15-25(27(20)21)29-28(35)30-26(16-38-29)31(41-17-22-8-9-23(18-41)34(22,36)37)40-32(39-30)44-19-33-10-4-12-42(33)13-5-11-33/h1,3,6-7,14-16,22-23,43H,4-5,8-13,17-19H2/t22-,23+. The summed E-state index contributed by atoms with van der Waals surface area (Å²) >= 11 is 0. The number of halogens is 3. The zero-order valence-corrected chi connectivity index (χ0v) is 24.2. The molecule has 1 aliphatic carbocycles. The molecule has 2 aromatic heterocycles. The van der Waals surface area contributed by atoms with Gasteiger partial charge in [-0.15, -0.1) is 6.42 Å². The highest BCUT2D eigenvalue weighted by Gasteiger charge is 2.56. The van der Waals surface area contributed by atoms with Crippen molar-refractivity contribution < 1.29 is 23.0 Å². The Morgan fingerprint density at radius 2 is 1.82 bits per heavy atom. The molecule has 10 heteroatoms. The van der Waals surface area contributed by atoms with Gasteiger partial charge in [-0.3, -0.25) is 9.88 Å². The van der Waals surface area contributed by atoms with Gasteiger partial charge < -0.3 is 14.7 Å². The van der Waals surface area contributed by atoms with Gasteiger partial charge in [-0.25, -0.2) is 13.2 Å². The smallest absolute Gasteiger partial charge is 0.319 e. The first-order valence-electron chi connectivity index (χ1n) is 15.4. The zero-order valence-electron chi connectivity index (χ0n) is 24.2. The Bertz CT molecular complexity index is 1830. The van der Waals surface area contributed by atoms with Gasteiger partial charge in [-0.2, -0.15) is 9.97 Å². The van der Waals surface area contributed by atoms with E-state index in [1.165, 1.54) is 12.3 Å². The van der Waals surface area contributed by atoms with Gasteiger partial charge in [0.1, 0.15) is 29.4 Å². The molecule has 4 fully saturated rings. The first-order chi connectivity index (χ1) is 21.3. The molecule has 44 heavy (non-hydrogen) atoms. The highest BCUT2D eigenvalue weighted by Crippen LogP contribution is 2.50. The second-order valence-corrected chi connectivity index (χ2v) is 12.8. The van der Waals surface area contributed by atoms with Crippen LogP contribution in [0.2, 0.25) is 0 Å². The summed E-state index contributed by atoms with van der Waals surface area (Å²) in [7, 11) is 0. The van der Waals surface area contributed by atoms with E-state index in [0.717, 1.165) is 38.8 Å². The normalized spacial score (nSPS) is 23.7. The van der Waals surface area contributed by atoms with E-state index in [0.29, 0.717) is 52.6 Å². The fourth-order valence-corrected chi connectivity index (χ4v) is 8.22. The van der Waals surface area contributed by atoms with Gasteiger partial charge >= 0.3 is 6.01 Å². The lowest BCUT2D eigenvalue weighted by Crippen LogP contribution is -2.49. The molecule has 2 bridgehead atoms. The molecule has 4 aliphatic rings. The summed E-state index contributed by atoms with van der Waals surface area (Å²) in [6.07, 6.45) is 12.4. The summed E-state index contributed by atoms with van der Waals surface area (Å²) in [5.74, 6) is -2.09. The molecule has 2 atom stereocenters. The monoisotopic (exact) mass is 599 g/mol. The number of aromatic hydroxyl groups is 1. The molecule has 1 saturated carbocycles. The summed E-state index contributed by atoms with van der Waals surface area (Å²) in [6, 6.07) is 8.35. The molecule has 1 N–H and O–H groups in total. The highest BCUT2D eigenvalue weighted by molar-refractivity contribution is 6.02. The van der Waals surface area contributed by atoms with Gasteiger partial charge in [0.25, 0.3) is 5.92 Å². The largest absolute Gasteiger partial charge is 0.508 e. The predicted molar refractivity (Wildman–Crippen MR) is 161 cm³/mol. The van der Waals surface area contributed by atoms with E-state index in [2.05, 4.69) is 20.8 Å². The third kappa shape index (κ3) is 4.12. The van der Waals surface area contributed by atoms with Crippen LogP contribution in [0.25, 0.3) is 32.9 Å². The fraction of sp³-hybridized carbons (Fsp3) is 0.441. The summed E-state index contributed by atoms with van der Waals surface area (Å²) in [4.78, 5) is 18.1. The molecule has 3 aliphatic heterocycles. The van der Waals surface area contributed by atoms with Crippen molar-refractivity contribution in [3.05, 3.63) is 47.9 Å². The SMILES string of the molecule is C#Cc1cccc2cc(O)cc(-c3ncc4c(N5C[C@H]6CC[C@@H](C5)C6(F)F)nc(OCC56CCCN5CCC6)nc4c3F)c12. The van der Waals surface area contributed by atoms with Gasteiger partial charge in [0.2, 0.25) is 0 Å². The molecule has 8 rings (SSSR count). The minimum atomic E-state index is -2.73. The highest BCUT2D eigenvalue weighted by atomic mass is 19.3.